The second-order valence-corrected chi connectivity index (χ2v) is 6.40. The van der Waals surface area contributed by atoms with E-state index in [0.29, 0.717) is 16.1 Å². The summed E-state index contributed by atoms with van der Waals surface area (Å²) in [5.41, 5.74) is 7.57. The number of nitrogens with zero attached hydrogens (tertiary/aromatic N) is 2. The predicted molar refractivity (Wildman–Crippen MR) is 96.2 cm³/mol. The standard InChI is InChI=1S/C18H16N4O2S/c1-11-8-9-14(10-19-11)16(23)21-22-17(24)15-12(2)20-18(25-15)13-6-4-3-5-7-13/h3-10H,1-2H3,(H,21,23)(H,22,24). The minimum absolute atomic E-state index is 0.372. The molecule has 0 fully saturated rings. The van der Waals surface area contributed by atoms with Crippen molar-refractivity contribution in [3.63, 3.8) is 0 Å². The number of rotatable bonds is 3. The van der Waals surface area contributed by atoms with Gasteiger partial charge in [0.15, 0.2) is 0 Å². The summed E-state index contributed by atoms with van der Waals surface area (Å²) >= 11 is 1.28. The minimum atomic E-state index is -0.425. The van der Waals surface area contributed by atoms with Gasteiger partial charge >= 0.3 is 0 Å². The number of nitrogens with one attached hydrogen (secondary N) is 2. The van der Waals surface area contributed by atoms with Crippen LogP contribution in [0.4, 0.5) is 0 Å². The molecule has 6 nitrogen and oxygen atoms in total. The first-order chi connectivity index (χ1) is 12.0. The molecule has 0 unspecified atom stereocenters. The molecule has 2 amide bonds. The molecule has 0 aliphatic heterocycles. The fourth-order valence-electron chi connectivity index (χ4n) is 2.16. The molecule has 0 spiro atoms. The van der Waals surface area contributed by atoms with Crippen molar-refractivity contribution in [3.8, 4) is 10.6 Å². The van der Waals surface area contributed by atoms with E-state index in [1.807, 2.05) is 37.3 Å². The molecule has 0 atom stereocenters. The van der Waals surface area contributed by atoms with Crippen LogP contribution in [-0.4, -0.2) is 21.8 Å². The zero-order valence-corrected chi connectivity index (χ0v) is 14.6. The number of benzene rings is 1. The van der Waals surface area contributed by atoms with Crippen molar-refractivity contribution >= 4 is 23.2 Å². The number of carbonyl (C=O) groups excluding carboxylic acids is 2. The maximum Gasteiger partial charge on any atom is 0.281 e. The van der Waals surface area contributed by atoms with Crippen LogP contribution in [0.2, 0.25) is 0 Å². The van der Waals surface area contributed by atoms with Crippen LogP contribution in [0.5, 0.6) is 0 Å². The summed E-state index contributed by atoms with van der Waals surface area (Å²) in [6.07, 6.45) is 1.46. The van der Waals surface area contributed by atoms with Gasteiger partial charge in [-0.1, -0.05) is 30.3 Å². The van der Waals surface area contributed by atoms with Crippen LogP contribution >= 0.6 is 11.3 Å². The van der Waals surface area contributed by atoms with Gasteiger partial charge in [-0.2, -0.15) is 0 Å². The Morgan fingerprint density at radius 2 is 1.68 bits per heavy atom. The monoisotopic (exact) mass is 352 g/mol. The highest BCUT2D eigenvalue weighted by Crippen LogP contribution is 2.27. The summed E-state index contributed by atoms with van der Waals surface area (Å²) in [7, 11) is 0. The van der Waals surface area contributed by atoms with Crippen molar-refractivity contribution in [2.45, 2.75) is 13.8 Å². The van der Waals surface area contributed by atoms with Gasteiger partial charge in [0.25, 0.3) is 11.8 Å². The SMILES string of the molecule is Cc1ccc(C(=O)NNC(=O)c2sc(-c3ccccc3)nc2C)cn1. The summed E-state index contributed by atoms with van der Waals surface area (Å²) in [5, 5.41) is 0.761. The average molecular weight is 352 g/mol. The number of thiazole rings is 1. The van der Waals surface area contributed by atoms with E-state index in [1.165, 1.54) is 17.5 Å². The lowest BCUT2D eigenvalue weighted by Crippen LogP contribution is -2.41. The van der Waals surface area contributed by atoms with Gasteiger partial charge < -0.3 is 0 Å². The minimum Gasteiger partial charge on any atom is -0.267 e. The zero-order chi connectivity index (χ0) is 17.8. The quantitative estimate of drug-likeness (QED) is 0.710. The van der Waals surface area contributed by atoms with Gasteiger partial charge in [-0.25, -0.2) is 4.98 Å². The Morgan fingerprint density at radius 3 is 2.36 bits per heavy atom. The molecule has 0 aliphatic rings. The Hall–Kier alpha value is -3.06. The highest BCUT2D eigenvalue weighted by atomic mass is 32.1. The van der Waals surface area contributed by atoms with Crippen LogP contribution in [0.25, 0.3) is 10.6 Å². The summed E-state index contributed by atoms with van der Waals surface area (Å²) in [6, 6.07) is 13.0. The average Bonchev–Trinajstić information content (AvgIpc) is 3.02. The highest BCUT2D eigenvalue weighted by molar-refractivity contribution is 7.17. The third-order valence-electron chi connectivity index (χ3n) is 3.49. The molecule has 2 N–H and O–H groups in total. The molecule has 2 aromatic heterocycles. The van der Waals surface area contributed by atoms with E-state index >= 15 is 0 Å². The van der Waals surface area contributed by atoms with Crippen molar-refractivity contribution in [2.24, 2.45) is 0 Å². The molecule has 0 radical (unpaired) electrons. The second kappa shape index (κ2) is 7.23. The molecular weight excluding hydrogens is 336 g/mol. The number of pyridine rings is 1. The molecule has 3 rings (SSSR count). The molecular formula is C18H16N4O2S. The van der Waals surface area contributed by atoms with E-state index in [1.54, 1.807) is 19.1 Å². The normalized spacial score (nSPS) is 10.3. The maximum atomic E-state index is 12.3. The Bertz CT molecular complexity index is 905. The van der Waals surface area contributed by atoms with Gasteiger partial charge in [0, 0.05) is 17.5 Å². The van der Waals surface area contributed by atoms with E-state index in [-0.39, 0.29) is 0 Å². The van der Waals surface area contributed by atoms with Crippen LogP contribution in [0.15, 0.2) is 48.7 Å². The molecule has 0 saturated carbocycles. The third kappa shape index (κ3) is 3.89. The lowest BCUT2D eigenvalue weighted by Gasteiger charge is -2.06. The van der Waals surface area contributed by atoms with E-state index in [2.05, 4.69) is 20.8 Å². The van der Waals surface area contributed by atoms with Gasteiger partial charge in [0.05, 0.1) is 11.3 Å². The highest BCUT2D eigenvalue weighted by Gasteiger charge is 2.17. The number of aromatic nitrogens is 2. The number of aryl methyl sites for hydroxylation is 2. The van der Waals surface area contributed by atoms with Crippen molar-refractivity contribution in [1.29, 1.82) is 0 Å². The van der Waals surface area contributed by atoms with Crippen molar-refractivity contribution in [2.75, 3.05) is 0 Å². The molecule has 126 valence electrons. The molecule has 2 heterocycles. The Kier molecular flexibility index (Phi) is 4.85. The number of hydrazine groups is 1. The van der Waals surface area contributed by atoms with Gasteiger partial charge in [-0.3, -0.25) is 25.4 Å². The van der Waals surface area contributed by atoms with E-state index in [0.717, 1.165) is 16.3 Å². The van der Waals surface area contributed by atoms with Crippen LogP contribution in [0.1, 0.15) is 31.4 Å². The fourth-order valence-corrected chi connectivity index (χ4v) is 3.12. The second-order valence-electron chi connectivity index (χ2n) is 5.40. The number of hydrogen-bond donors (Lipinski definition) is 2. The van der Waals surface area contributed by atoms with E-state index in [9.17, 15) is 9.59 Å². The molecule has 0 saturated heterocycles. The van der Waals surface area contributed by atoms with Crippen LogP contribution in [-0.2, 0) is 0 Å². The summed E-state index contributed by atoms with van der Waals surface area (Å²) in [5.74, 6) is -0.822. The first-order valence-corrected chi connectivity index (χ1v) is 8.42. The van der Waals surface area contributed by atoms with E-state index < -0.39 is 11.8 Å². The van der Waals surface area contributed by atoms with Gasteiger partial charge in [-0.15, -0.1) is 11.3 Å². The van der Waals surface area contributed by atoms with Crippen molar-refractivity contribution in [3.05, 3.63) is 70.5 Å². The summed E-state index contributed by atoms with van der Waals surface area (Å²) < 4.78 is 0. The predicted octanol–water partition coefficient (Wildman–Crippen LogP) is 2.90. The van der Waals surface area contributed by atoms with Crippen molar-refractivity contribution in [1.82, 2.24) is 20.8 Å². The molecule has 3 aromatic rings. The molecule has 0 aliphatic carbocycles. The molecule has 7 heteroatoms. The Labute approximate surface area is 148 Å². The van der Waals surface area contributed by atoms with Gasteiger partial charge in [0.2, 0.25) is 0 Å². The van der Waals surface area contributed by atoms with Gasteiger partial charge in [0.1, 0.15) is 9.88 Å². The number of hydrogen-bond acceptors (Lipinski definition) is 5. The first kappa shape index (κ1) is 16.8. The number of carbonyl (C=O) groups is 2. The summed E-state index contributed by atoms with van der Waals surface area (Å²) in [4.78, 5) is 33.3. The lowest BCUT2D eigenvalue weighted by molar-refractivity contribution is 0.0848. The van der Waals surface area contributed by atoms with Crippen LogP contribution < -0.4 is 10.9 Å². The zero-order valence-electron chi connectivity index (χ0n) is 13.7. The Morgan fingerprint density at radius 1 is 0.960 bits per heavy atom. The molecule has 25 heavy (non-hydrogen) atoms. The summed E-state index contributed by atoms with van der Waals surface area (Å²) in [6.45, 7) is 3.60. The van der Waals surface area contributed by atoms with Crippen molar-refractivity contribution < 1.29 is 9.59 Å². The van der Waals surface area contributed by atoms with Crippen LogP contribution in [0.3, 0.4) is 0 Å². The fraction of sp³-hybridized carbons (Fsp3) is 0.111. The largest absolute Gasteiger partial charge is 0.281 e. The third-order valence-corrected chi connectivity index (χ3v) is 4.69. The first-order valence-electron chi connectivity index (χ1n) is 7.61. The van der Waals surface area contributed by atoms with Crippen LogP contribution in [0, 0.1) is 13.8 Å². The van der Waals surface area contributed by atoms with Gasteiger partial charge in [-0.05, 0) is 26.0 Å². The molecule has 1 aromatic carbocycles. The number of amides is 2. The Balaban J connectivity index is 1.68. The smallest absolute Gasteiger partial charge is 0.267 e. The lowest BCUT2D eigenvalue weighted by atomic mass is 10.2. The van der Waals surface area contributed by atoms with E-state index in [4.69, 9.17) is 0 Å². The maximum absolute atomic E-state index is 12.3. The molecule has 0 bridgehead atoms. The topological polar surface area (TPSA) is 84.0 Å².